The molecule has 0 saturated heterocycles. The van der Waals surface area contributed by atoms with Gasteiger partial charge in [-0.3, -0.25) is 0 Å². The third-order valence-electron chi connectivity index (χ3n) is 1.84. The van der Waals surface area contributed by atoms with E-state index in [1.165, 1.54) is 10.7 Å². The Morgan fingerprint density at radius 2 is 2.43 bits per heavy atom. The summed E-state index contributed by atoms with van der Waals surface area (Å²) in [6, 6.07) is 1.79. The van der Waals surface area contributed by atoms with E-state index in [9.17, 15) is 4.79 Å². The zero-order valence-corrected chi connectivity index (χ0v) is 7.47. The van der Waals surface area contributed by atoms with Crippen molar-refractivity contribution in [3.8, 4) is 0 Å². The highest BCUT2D eigenvalue weighted by molar-refractivity contribution is 5.95. The van der Waals surface area contributed by atoms with Crippen molar-refractivity contribution >= 4 is 11.6 Å². The molecule has 0 aromatic carbocycles. The maximum absolute atomic E-state index is 11.2. The van der Waals surface area contributed by atoms with Crippen molar-refractivity contribution in [3.63, 3.8) is 0 Å². The van der Waals surface area contributed by atoms with Crippen LogP contribution < -0.4 is 5.90 Å². The van der Waals surface area contributed by atoms with Gasteiger partial charge in [-0.25, -0.2) is 14.3 Å². The first-order valence-electron chi connectivity index (χ1n) is 3.94. The van der Waals surface area contributed by atoms with Crippen molar-refractivity contribution in [2.45, 2.75) is 6.92 Å². The lowest BCUT2D eigenvalue weighted by Gasteiger charge is -1.96. The number of carbonyl (C=O) groups excluding carboxylic acids is 1. The topological polar surface area (TPSA) is 82.5 Å². The van der Waals surface area contributed by atoms with Crippen molar-refractivity contribution < 1.29 is 9.63 Å². The smallest absolute Gasteiger partial charge is 0.362 e. The maximum Gasteiger partial charge on any atom is 0.362 e. The fraction of sp³-hybridized carbons (Fsp3) is 0.125. The molecule has 72 valence electrons. The van der Waals surface area contributed by atoms with Crippen LogP contribution in [-0.2, 0) is 4.84 Å². The Balaban J connectivity index is 2.67. The quantitative estimate of drug-likeness (QED) is 0.646. The second-order valence-corrected chi connectivity index (χ2v) is 2.80. The lowest BCUT2D eigenvalue weighted by molar-refractivity contribution is 0.0505. The molecule has 2 aromatic rings. The Hall–Kier alpha value is -1.95. The van der Waals surface area contributed by atoms with Crippen molar-refractivity contribution in [2.24, 2.45) is 5.90 Å². The molecule has 2 heterocycles. The standard InChI is InChI=1S/C8H8N4O2/c1-5-2-3-12-7(11-5)6(4-10-12)8(13)14-9/h2-4H,9H2,1H3. The molecule has 0 bridgehead atoms. The van der Waals surface area contributed by atoms with E-state index >= 15 is 0 Å². The monoisotopic (exact) mass is 192 g/mol. The molecule has 0 aliphatic heterocycles. The lowest BCUT2D eigenvalue weighted by Crippen LogP contribution is -2.10. The molecule has 0 saturated carbocycles. The van der Waals surface area contributed by atoms with Crippen LogP contribution in [0.3, 0.4) is 0 Å². The minimum atomic E-state index is -0.641. The lowest BCUT2D eigenvalue weighted by atomic mass is 10.3. The fourth-order valence-corrected chi connectivity index (χ4v) is 1.17. The molecule has 0 fully saturated rings. The summed E-state index contributed by atoms with van der Waals surface area (Å²) in [5.41, 5.74) is 1.50. The van der Waals surface area contributed by atoms with Gasteiger partial charge in [0.1, 0.15) is 5.56 Å². The largest absolute Gasteiger partial charge is 0.369 e. The van der Waals surface area contributed by atoms with Gasteiger partial charge in [-0.2, -0.15) is 11.0 Å². The fourth-order valence-electron chi connectivity index (χ4n) is 1.17. The summed E-state index contributed by atoms with van der Waals surface area (Å²) >= 11 is 0. The summed E-state index contributed by atoms with van der Waals surface area (Å²) in [5.74, 6) is 4.14. The zero-order chi connectivity index (χ0) is 10.1. The molecule has 2 rings (SSSR count). The molecule has 0 spiro atoms. The highest BCUT2D eigenvalue weighted by Gasteiger charge is 2.14. The summed E-state index contributed by atoms with van der Waals surface area (Å²) in [6.45, 7) is 1.82. The molecule has 0 unspecified atom stereocenters. The Kier molecular flexibility index (Phi) is 1.90. The minimum Gasteiger partial charge on any atom is -0.369 e. The third kappa shape index (κ3) is 1.21. The third-order valence-corrected chi connectivity index (χ3v) is 1.84. The maximum atomic E-state index is 11.2. The second-order valence-electron chi connectivity index (χ2n) is 2.80. The predicted molar refractivity (Wildman–Crippen MR) is 47.3 cm³/mol. The van der Waals surface area contributed by atoms with Crippen LogP contribution in [0.2, 0.25) is 0 Å². The van der Waals surface area contributed by atoms with E-state index in [1.807, 2.05) is 6.92 Å². The molecule has 0 radical (unpaired) electrons. The molecule has 2 aromatic heterocycles. The molecule has 2 N–H and O–H groups in total. The van der Waals surface area contributed by atoms with Gasteiger partial charge in [0.25, 0.3) is 0 Å². The highest BCUT2D eigenvalue weighted by atomic mass is 16.7. The van der Waals surface area contributed by atoms with Gasteiger partial charge in [-0.1, -0.05) is 0 Å². The Morgan fingerprint density at radius 3 is 3.14 bits per heavy atom. The molecular weight excluding hydrogens is 184 g/mol. The average molecular weight is 192 g/mol. The first kappa shape index (κ1) is 8.64. The molecule has 6 nitrogen and oxygen atoms in total. The van der Waals surface area contributed by atoms with E-state index in [0.29, 0.717) is 5.65 Å². The summed E-state index contributed by atoms with van der Waals surface area (Å²) in [5, 5.41) is 3.93. The highest BCUT2D eigenvalue weighted by Crippen LogP contribution is 2.08. The molecule has 6 heteroatoms. The van der Waals surface area contributed by atoms with Crippen molar-refractivity contribution in [2.75, 3.05) is 0 Å². The van der Waals surface area contributed by atoms with Gasteiger partial charge in [0.05, 0.1) is 6.20 Å². The van der Waals surface area contributed by atoms with E-state index in [-0.39, 0.29) is 5.56 Å². The first-order valence-corrected chi connectivity index (χ1v) is 3.94. The number of nitrogens with two attached hydrogens (primary N) is 1. The van der Waals surface area contributed by atoms with Crippen molar-refractivity contribution in [1.82, 2.24) is 14.6 Å². The summed E-state index contributed by atoms with van der Waals surface area (Å²) in [6.07, 6.45) is 3.09. The summed E-state index contributed by atoms with van der Waals surface area (Å²) in [4.78, 5) is 19.4. The van der Waals surface area contributed by atoms with Crippen LogP contribution in [0.5, 0.6) is 0 Å². The number of aromatic nitrogens is 3. The molecule has 0 amide bonds. The van der Waals surface area contributed by atoms with Crippen molar-refractivity contribution in [3.05, 3.63) is 29.7 Å². The summed E-state index contributed by atoms with van der Waals surface area (Å²) in [7, 11) is 0. The number of hydrogen-bond acceptors (Lipinski definition) is 5. The minimum absolute atomic E-state index is 0.260. The van der Waals surface area contributed by atoms with Crippen molar-refractivity contribution in [1.29, 1.82) is 0 Å². The normalized spacial score (nSPS) is 10.4. The zero-order valence-electron chi connectivity index (χ0n) is 7.47. The first-order chi connectivity index (χ1) is 6.72. The Labute approximate surface area is 79.3 Å². The van der Waals surface area contributed by atoms with Gasteiger partial charge in [0.15, 0.2) is 5.65 Å². The molecule has 0 atom stereocenters. The molecular formula is C8H8N4O2. The van der Waals surface area contributed by atoms with E-state index in [4.69, 9.17) is 5.90 Å². The van der Waals surface area contributed by atoms with Gasteiger partial charge in [-0.05, 0) is 13.0 Å². The average Bonchev–Trinajstić information content (AvgIpc) is 2.59. The SMILES string of the molecule is Cc1ccn2ncc(C(=O)ON)c2n1. The van der Waals surface area contributed by atoms with Crippen LogP contribution in [0.15, 0.2) is 18.5 Å². The number of aryl methyl sites for hydroxylation is 1. The van der Waals surface area contributed by atoms with Crippen LogP contribution in [-0.4, -0.2) is 20.6 Å². The van der Waals surface area contributed by atoms with E-state index in [1.54, 1.807) is 12.3 Å². The van der Waals surface area contributed by atoms with Gasteiger partial charge < -0.3 is 4.84 Å². The van der Waals surface area contributed by atoms with E-state index < -0.39 is 5.97 Å². The second kappa shape index (κ2) is 3.08. The van der Waals surface area contributed by atoms with Crippen LogP contribution in [0.1, 0.15) is 16.1 Å². The van der Waals surface area contributed by atoms with E-state index in [0.717, 1.165) is 5.69 Å². The number of carbonyl (C=O) groups is 1. The van der Waals surface area contributed by atoms with Gasteiger partial charge in [0, 0.05) is 11.9 Å². The Bertz CT molecular complexity index is 491. The molecule has 0 aliphatic carbocycles. The Morgan fingerprint density at radius 1 is 1.64 bits per heavy atom. The van der Waals surface area contributed by atoms with Crippen LogP contribution in [0.25, 0.3) is 5.65 Å². The van der Waals surface area contributed by atoms with Gasteiger partial charge in [-0.15, -0.1) is 0 Å². The summed E-state index contributed by atoms with van der Waals surface area (Å²) < 4.78 is 1.49. The van der Waals surface area contributed by atoms with Crippen LogP contribution in [0, 0.1) is 6.92 Å². The molecule has 0 aliphatic rings. The predicted octanol–water partition coefficient (Wildman–Crippen LogP) is 0.0682. The van der Waals surface area contributed by atoms with Crippen LogP contribution >= 0.6 is 0 Å². The number of hydrogen-bond donors (Lipinski definition) is 1. The number of nitrogens with zero attached hydrogens (tertiary/aromatic N) is 3. The van der Waals surface area contributed by atoms with Gasteiger partial charge in [0.2, 0.25) is 0 Å². The molecule has 14 heavy (non-hydrogen) atoms. The van der Waals surface area contributed by atoms with E-state index in [2.05, 4.69) is 14.9 Å². The van der Waals surface area contributed by atoms with Crippen LogP contribution in [0.4, 0.5) is 0 Å². The number of fused-ring (bicyclic) bond motifs is 1. The van der Waals surface area contributed by atoms with Gasteiger partial charge >= 0.3 is 5.97 Å². The number of rotatable bonds is 1.